The molecular formula is C7H14O2. The summed E-state index contributed by atoms with van der Waals surface area (Å²) < 4.78 is 10.0. The normalized spacial score (nSPS) is 28.0. The first-order valence-corrected chi connectivity index (χ1v) is 3.45. The minimum atomic E-state index is 0.542. The van der Waals surface area contributed by atoms with Gasteiger partial charge in [-0.1, -0.05) is 6.92 Å². The Morgan fingerprint density at radius 3 is 2.89 bits per heavy atom. The molecule has 2 nitrogen and oxygen atoms in total. The molecule has 0 radical (unpaired) electrons. The topological polar surface area (TPSA) is 21.8 Å². The van der Waals surface area contributed by atoms with Gasteiger partial charge in [-0.25, -0.2) is 0 Å². The van der Waals surface area contributed by atoms with E-state index in [1.165, 1.54) is 0 Å². The minimum absolute atomic E-state index is 0.542. The second-order valence-corrected chi connectivity index (χ2v) is 2.63. The first-order chi connectivity index (χ1) is 4.34. The molecule has 0 aromatic rings. The molecule has 0 aromatic carbocycles. The van der Waals surface area contributed by atoms with E-state index in [-0.39, 0.29) is 0 Å². The summed E-state index contributed by atoms with van der Waals surface area (Å²) in [6.45, 7) is 4.03. The summed E-state index contributed by atoms with van der Waals surface area (Å²) in [5, 5.41) is 0. The number of hydrogen-bond donors (Lipinski definition) is 0. The summed E-state index contributed by atoms with van der Waals surface area (Å²) in [6.07, 6.45) is 1.67. The lowest BCUT2D eigenvalue weighted by Gasteiger charge is -2.04. The molecular weight excluding hydrogens is 116 g/mol. The van der Waals surface area contributed by atoms with Crippen LogP contribution >= 0.6 is 0 Å². The van der Waals surface area contributed by atoms with Crippen molar-refractivity contribution in [2.45, 2.75) is 19.4 Å². The second-order valence-electron chi connectivity index (χ2n) is 2.63. The van der Waals surface area contributed by atoms with Gasteiger partial charge >= 0.3 is 0 Å². The maximum absolute atomic E-state index is 5.11. The first-order valence-electron chi connectivity index (χ1n) is 3.45. The van der Waals surface area contributed by atoms with Crippen molar-refractivity contribution in [1.82, 2.24) is 0 Å². The van der Waals surface area contributed by atoms with Crippen LogP contribution in [-0.4, -0.2) is 26.4 Å². The summed E-state index contributed by atoms with van der Waals surface area (Å²) in [5.74, 6) is 0.685. The molecule has 0 amide bonds. The lowest BCUT2D eigenvalue weighted by Crippen LogP contribution is -2.06. The van der Waals surface area contributed by atoms with E-state index in [0.717, 1.165) is 19.6 Å². The van der Waals surface area contributed by atoms with Crippen molar-refractivity contribution in [2.24, 2.45) is 5.92 Å². The zero-order valence-corrected chi connectivity index (χ0v) is 6.09. The summed E-state index contributed by atoms with van der Waals surface area (Å²) in [7, 11) is 1.74. The number of ether oxygens (including phenoxy) is 2. The fourth-order valence-electron chi connectivity index (χ4n) is 0.874. The molecule has 54 valence electrons. The molecule has 2 atom stereocenters. The number of rotatable bonds is 4. The van der Waals surface area contributed by atoms with Gasteiger partial charge in [-0.2, -0.15) is 0 Å². The maximum atomic E-state index is 5.11. The highest BCUT2D eigenvalue weighted by atomic mass is 16.6. The predicted molar refractivity (Wildman–Crippen MR) is 35.4 cm³/mol. The van der Waals surface area contributed by atoms with Gasteiger partial charge < -0.3 is 9.47 Å². The van der Waals surface area contributed by atoms with Crippen LogP contribution in [0.4, 0.5) is 0 Å². The SMILES string of the molecule is COCCC(C)C1CO1. The van der Waals surface area contributed by atoms with Gasteiger partial charge in [0.2, 0.25) is 0 Å². The van der Waals surface area contributed by atoms with Gasteiger partial charge in [0.1, 0.15) is 0 Å². The van der Waals surface area contributed by atoms with Gasteiger partial charge in [-0.05, 0) is 12.3 Å². The maximum Gasteiger partial charge on any atom is 0.0836 e. The standard InChI is InChI=1S/C7H14O2/c1-6(3-4-8-2)7-5-9-7/h6-7H,3-5H2,1-2H3. The van der Waals surface area contributed by atoms with E-state index in [0.29, 0.717) is 12.0 Å². The van der Waals surface area contributed by atoms with E-state index >= 15 is 0 Å². The van der Waals surface area contributed by atoms with E-state index in [4.69, 9.17) is 9.47 Å². The van der Waals surface area contributed by atoms with E-state index in [1.807, 2.05) is 0 Å². The highest BCUT2D eigenvalue weighted by Crippen LogP contribution is 2.21. The summed E-state index contributed by atoms with van der Waals surface area (Å²) in [6, 6.07) is 0. The van der Waals surface area contributed by atoms with Crippen LogP contribution in [0.5, 0.6) is 0 Å². The third-order valence-corrected chi connectivity index (χ3v) is 1.77. The van der Waals surface area contributed by atoms with Gasteiger partial charge in [-0.3, -0.25) is 0 Å². The highest BCUT2D eigenvalue weighted by molar-refractivity contribution is 4.75. The van der Waals surface area contributed by atoms with Gasteiger partial charge in [0.15, 0.2) is 0 Å². The molecule has 0 spiro atoms. The average molecular weight is 130 g/mol. The molecule has 2 unspecified atom stereocenters. The molecule has 0 bridgehead atoms. The molecule has 2 heteroatoms. The van der Waals surface area contributed by atoms with Crippen molar-refractivity contribution in [3.8, 4) is 0 Å². The molecule has 1 aliphatic heterocycles. The van der Waals surface area contributed by atoms with E-state index in [1.54, 1.807) is 7.11 Å². The Kier molecular flexibility index (Phi) is 2.49. The first kappa shape index (κ1) is 7.03. The van der Waals surface area contributed by atoms with Crippen molar-refractivity contribution < 1.29 is 9.47 Å². The van der Waals surface area contributed by atoms with Crippen molar-refractivity contribution in [3.05, 3.63) is 0 Å². The third-order valence-electron chi connectivity index (χ3n) is 1.77. The number of hydrogen-bond acceptors (Lipinski definition) is 2. The fraction of sp³-hybridized carbons (Fsp3) is 1.00. The van der Waals surface area contributed by atoms with Gasteiger partial charge in [0.25, 0.3) is 0 Å². The fourth-order valence-corrected chi connectivity index (χ4v) is 0.874. The van der Waals surface area contributed by atoms with Gasteiger partial charge in [0, 0.05) is 13.7 Å². The Hall–Kier alpha value is -0.0800. The Morgan fingerprint density at radius 2 is 2.44 bits per heavy atom. The van der Waals surface area contributed by atoms with E-state index in [9.17, 15) is 0 Å². The smallest absolute Gasteiger partial charge is 0.0836 e. The lowest BCUT2D eigenvalue weighted by molar-refractivity contribution is 0.171. The molecule has 1 saturated heterocycles. The van der Waals surface area contributed by atoms with Crippen LogP contribution in [0.2, 0.25) is 0 Å². The highest BCUT2D eigenvalue weighted by Gasteiger charge is 2.28. The van der Waals surface area contributed by atoms with Crippen LogP contribution in [0.3, 0.4) is 0 Å². The minimum Gasteiger partial charge on any atom is -0.385 e. The Morgan fingerprint density at radius 1 is 1.78 bits per heavy atom. The van der Waals surface area contributed by atoms with Crippen LogP contribution in [0.15, 0.2) is 0 Å². The second kappa shape index (κ2) is 3.18. The summed E-state index contributed by atoms with van der Waals surface area (Å²) in [5.41, 5.74) is 0. The summed E-state index contributed by atoms with van der Waals surface area (Å²) >= 11 is 0. The predicted octanol–water partition coefficient (Wildman–Crippen LogP) is 1.06. The molecule has 1 fully saturated rings. The van der Waals surface area contributed by atoms with Crippen molar-refractivity contribution in [2.75, 3.05) is 20.3 Å². The number of epoxide rings is 1. The molecule has 1 heterocycles. The Labute approximate surface area is 56.2 Å². The third kappa shape index (κ3) is 2.33. The van der Waals surface area contributed by atoms with Crippen LogP contribution < -0.4 is 0 Å². The molecule has 0 aliphatic carbocycles. The van der Waals surface area contributed by atoms with Crippen molar-refractivity contribution >= 4 is 0 Å². The Bertz CT molecular complexity index is 79.0. The molecule has 1 aliphatic rings. The molecule has 0 saturated carbocycles. The molecule has 0 N–H and O–H groups in total. The average Bonchev–Trinajstić information content (AvgIpc) is 2.63. The van der Waals surface area contributed by atoms with Gasteiger partial charge in [0.05, 0.1) is 12.7 Å². The van der Waals surface area contributed by atoms with Crippen LogP contribution in [-0.2, 0) is 9.47 Å². The van der Waals surface area contributed by atoms with Crippen LogP contribution in [0.25, 0.3) is 0 Å². The Balaban J connectivity index is 1.96. The van der Waals surface area contributed by atoms with Crippen molar-refractivity contribution in [1.29, 1.82) is 0 Å². The van der Waals surface area contributed by atoms with Crippen LogP contribution in [0.1, 0.15) is 13.3 Å². The van der Waals surface area contributed by atoms with E-state index < -0.39 is 0 Å². The molecule has 1 rings (SSSR count). The lowest BCUT2D eigenvalue weighted by atomic mass is 10.1. The van der Waals surface area contributed by atoms with E-state index in [2.05, 4.69) is 6.92 Å². The van der Waals surface area contributed by atoms with Gasteiger partial charge in [-0.15, -0.1) is 0 Å². The zero-order valence-electron chi connectivity index (χ0n) is 6.09. The quantitative estimate of drug-likeness (QED) is 0.531. The monoisotopic (exact) mass is 130 g/mol. The van der Waals surface area contributed by atoms with Crippen molar-refractivity contribution in [3.63, 3.8) is 0 Å². The number of methoxy groups -OCH3 is 1. The molecule has 0 aromatic heterocycles. The molecule has 9 heavy (non-hydrogen) atoms. The van der Waals surface area contributed by atoms with Crippen LogP contribution in [0, 0.1) is 5.92 Å². The largest absolute Gasteiger partial charge is 0.385 e. The summed E-state index contributed by atoms with van der Waals surface area (Å²) in [4.78, 5) is 0. The zero-order chi connectivity index (χ0) is 6.69.